The van der Waals surface area contributed by atoms with Gasteiger partial charge in [0.15, 0.2) is 0 Å². The van der Waals surface area contributed by atoms with Crippen LogP contribution in [0, 0.1) is 11.3 Å². The summed E-state index contributed by atoms with van der Waals surface area (Å²) in [4.78, 5) is 14.0. The van der Waals surface area contributed by atoms with Crippen LogP contribution < -0.4 is 0 Å². The Kier molecular flexibility index (Phi) is 5.29. The van der Waals surface area contributed by atoms with Gasteiger partial charge in [-0.3, -0.25) is 4.79 Å². The molecule has 0 radical (unpaired) electrons. The van der Waals surface area contributed by atoms with E-state index in [1.165, 1.54) is 0 Å². The van der Waals surface area contributed by atoms with Gasteiger partial charge in [0, 0.05) is 26.3 Å². The molecule has 0 aromatic heterocycles. The fourth-order valence-electron chi connectivity index (χ4n) is 2.16. The van der Waals surface area contributed by atoms with E-state index in [9.17, 15) is 4.79 Å². The van der Waals surface area contributed by atoms with Crippen LogP contribution in [-0.2, 0) is 17.9 Å². The van der Waals surface area contributed by atoms with E-state index in [1.807, 2.05) is 36.4 Å². The zero-order valence-electron chi connectivity index (χ0n) is 12.7. The Hall–Kier alpha value is -2.64. The molecule has 112 valence electrons. The second-order valence-electron chi connectivity index (χ2n) is 5.10. The third-order valence-electron chi connectivity index (χ3n) is 3.36. The van der Waals surface area contributed by atoms with E-state index in [0.29, 0.717) is 24.3 Å². The van der Waals surface area contributed by atoms with Crippen LogP contribution in [0.5, 0.6) is 0 Å². The van der Waals surface area contributed by atoms with Gasteiger partial charge in [-0.2, -0.15) is 5.26 Å². The summed E-state index contributed by atoms with van der Waals surface area (Å²) < 4.78 is 5.06. The van der Waals surface area contributed by atoms with Gasteiger partial charge < -0.3 is 9.64 Å². The molecule has 0 saturated heterocycles. The molecule has 0 aliphatic rings. The normalized spacial score (nSPS) is 10.0. The first-order valence-corrected chi connectivity index (χ1v) is 6.96. The third-order valence-corrected chi connectivity index (χ3v) is 3.36. The molecule has 0 aliphatic carbocycles. The number of hydrogen-bond acceptors (Lipinski definition) is 3. The molecule has 0 unspecified atom stereocenters. The van der Waals surface area contributed by atoms with Crippen molar-refractivity contribution >= 4 is 5.91 Å². The molecule has 4 nitrogen and oxygen atoms in total. The molecule has 0 heterocycles. The number of ether oxygens (including phenoxy) is 1. The monoisotopic (exact) mass is 294 g/mol. The standard InChI is InChI=1S/C18H18N2O2/c1-20(12-15-5-3-14(11-19)4-6-15)18(21)17-9-7-16(8-10-17)13-22-2/h3-10H,12-13H2,1-2H3. The molecule has 0 fully saturated rings. The maximum atomic E-state index is 12.4. The number of carbonyl (C=O) groups is 1. The van der Waals surface area contributed by atoms with Crippen molar-refractivity contribution in [2.24, 2.45) is 0 Å². The first-order chi connectivity index (χ1) is 10.6. The van der Waals surface area contributed by atoms with Gasteiger partial charge in [0.25, 0.3) is 5.91 Å². The molecular weight excluding hydrogens is 276 g/mol. The number of amides is 1. The molecule has 0 bridgehead atoms. The quantitative estimate of drug-likeness (QED) is 0.852. The van der Waals surface area contributed by atoms with Gasteiger partial charge in [0.2, 0.25) is 0 Å². The van der Waals surface area contributed by atoms with E-state index in [0.717, 1.165) is 11.1 Å². The van der Waals surface area contributed by atoms with Crippen molar-refractivity contribution in [3.63, 3.8) is 0 Å². The first-order valence-electron chi connectivity index (χ1n) is 6.96. The SMILES string of the molecule is COCc1ccc(C(=O)N(C)Cc2ccc(C#N)cc2)cc1. The summed E-state index contributed by atoms with van der Waals surface area (Å²) in [5.41, 5.74) is 3.29. The summed E-state index contributed by atoms with van der Waals surface area (Å²) >= 11 is 0. The van der Waals surface area contributed by atoms with Crippen LogP contribution >= 0.6 is 0 Å². The zero-order valence-corrected chi connectivity index (χ0v) is 12.7. The molecule has 2 rings (SSSR count). The fraction of sp³-hybridized carbons (Fsp3) is 0.222. The van der Waals surface area contributed by atoms with Gasteiger partial charge >= 0.3 is 0 Å². The predicted molar refractivity (Wildman–Crippen MR) is 84.1 cm³/mol. The lowest BCUT2D eigenvalue weighted by molar-refractivity contribution is 0.0785. The highest BCUT2D eigenvalue weighted by molar-refractivity contribution is 5.94. The number of nitriles is 1. The van der Waals surface area contributed by atoms with Crippen LogP contribution in [0.2, 0.25) is 0 Å². The van der Waals surface area contributed by atoms with E-state index >= 15 is 0 Å². The molecule has 2 aromatic carbocycles. The van der Waals surface area contributed by atoms with E-state index in [2.05, 4.69) is 6.07 Å². The van der Waals surface area contributed by atoms with Crippen molar-refractivity contribution in [2.75, 3.05) is 14.2 Å². The highest BCUT2D eigenvalue weighted by Crippen LogP contribution is 2.11. The number of rotatable bonds is 5. The Morgan fingerprint density at radius 1 is 1.09 bits per heavy atom. The lowest BCUT2D eigenvalue weighted by Crippen LogP contribution is -2.26. The second kappa shape index (κ2) is 7.39. The molecule has 1 amide bonds. The maximum absolute atomic E-state index is 12.4. The number of carbonyl (C=O) groups excluding carboxylic acids is 1. The molecule has 0 saturated carbocycles. The highest BCUT2D eigenvalue weighted by atomic mass is 16.5. The van der Waals surface area contributed by atoms with Gasteiger partial charge in [-0.1, -0.05) is 24.3 Å². The minimum Gasteiger partial charge on any atom is -0.380 e. The van der Waals surface area contributed by atoms with Crippen LogP contribution in [0.15, 0.2) is 48.5 Å². The summed E-state index contributed by atoms with van der Waals surface area (Å²) in [5.74, 6) is -0.0340. The summed E-state index contributed by atoms with van der Waals surface area (Å²) in [5, 5.41) is 8.78. The minimum absolute atomic E-state index is 0.0340. The van der Waals surface area contributed by atoms with Crippen LogP contribution in [0.4, 0.5) is 0 Å². The van der Waals surface area contributed by atoms with E-state index in [-0.39, 0.29) is 5.91 Å². The molecule has 0 aliphatic heterocycles. The Bertz CT molecular complexity index is 670. The van der Waals surface area contributed by atoms with Gasteiger partial charge in [-0.05, 0) is 35.4 Å². The Balaban J connectivity index is 2.03. The Labute approximate surface area is 130 Å². The Morgan fingerprint density at radius 2 is 1.68 bits per heavy atom. The zero-order chi connectivity index (χ0) is 15.9. The minimum atomic E-state index is -0.0340. The van der Waals surface area contributed by atoms with Crippen molar-refractivity contribution < 1.29 is 9.53 Å². The number of nitrogens with zero attached hydrogens (tertiary/aromatic N) is 2. The van der Waals surface area contributed by atoms with Gasteiger partial charge in [0.1, 0.15) is 0 Å². The average Bonchev–Trinajstić information content (AvgIpc) is 2.56. The molecular formula is C18H18N2O2. The fourth-order valence-corrected chi connectivity index (χ4v) is 2.16. The van der Waals surface area contributed by atoms with Crippen molar-refractivity contribution in [1.29, 1.82) is 5.26 Å². The molecule has 0 N–H and O–H groups in total. The third kappa shape index (κ3) is 3.94. The van der Waals surface area contributed by atoms with E-state index < -0.39 is 0 Å². The van der Waals surface area contributed by atoms with Gasteiger partial charge in [0.05, 0.1) is 18.2 Å². The number of benzene rings is 2. The molecule has 0 atom stereocenters. The maximum Gasteiger partial charge on any atom is 0.253 e. The van der Waals surface area contributed by atoms with E-state index in [1.54, 1.807) is 31.2 Å². The van der Waals surface area contributed by atoms with Crippen LogP contribution in [-0.4, -0.2) is 25.0 Å². The van der Waals surface area contributed by atoms with Crippen LogP contribution in [0.25, 0.3) is 0 Å². The molecule has 0 spiro atoms. The summed E-state index contributed by atoms with van der Waals surface area (Å²) in [6.45, 7) is 1.04. The molecule has 22 heavy (non-hydrogen) atoms. The first kappa shape index (κ1) is 15.7. The molecule has 2 aromatic rings. The van der Waals surface area contributed by atoms with E-state index in [4.69, 9.17) is 10.00 Å². The summed E-state index contributed by atoms with van der Waals surface area (Å²) in [7, 11) is 3.41. The van der Waals surface area contributed by atoms with Crippen molar-refractivity contribution in [2.45, 2.75) is 13.2 Å². The lowest BCUT2D eigenvalue weighted by Gasteiger charge is -2.17. The predicted octanol–water partition coefficient (Wildman–Crippen LogP) is 2.98. The highest BCUT2D eigenvalue weighted by Gasteiger charge is 2.12. The van der Waals surface area contributed by atoms with Gasteiger partial charge in [-0.25, -0.2) is 0 Å². The van der Waals surface area contributed by atoms with Crippen LogP contribution in [0.3, 0.4) is 0 Å². The van der Waals surface area contributed by atoms with Crippen molar-refractivity contribution in [3.05, 3.63) is 70.8 Å². The Morgan fingerprint density at radius 3 is 2.23 bits per heavy atom. The van der Waals surface area contributed by atoms with Crippen LogP contribution in [0.1, 0.15) is 27.0 Å². The number of hydrogen-bond donors (Lipinski definition) is 0. The summed E-state index contributed by atoms with van der Waals surface area (Å²) in [6.07, 6.45) is 0. The van der Waals surface area contributed by atoms with Crippen molar-refractivity contribution in [3.8, 4) is 6.07 Å². The molecule has 4 heteroatoms. The lowest BCUT2D eigenvalue weighted by atomic mass is 10.1. The largest absolute Gasteiger partial charge is 0.380 e. The summed E-state index contributed by atoms with van der Waals surface area (Å²) in [6, 6.07) is 16.7. The second-order valence-corrected chi connectivity index (χ2v) is 5.10. The average molecular weight is 294 g/mol. The topological polar surface area (TPSA) is 53.3 Å². The van der Waals surface area contributed by atoms with Crippen molar-refractivity contribution in [1.82, 2.24) is 4.90 Å². The smallest absolute Gasteiger partial charge is 0.253 e. The van der Waals surface area contributed by atoms with Gasteiger partial charge in [-0.15, -0.1) is 0 Å². The number of methoxy groups -OCH3 is 1.